The molecule has 4 aromatic rings. The summed E-state index contributed by atoms with van der Waals surface area (Å²) in [6.07, 6.45) is 3.34. The molecular formula is C18H11ClN2O3. The van der Waals surface area contributed by atoms with Gasteiger partial charge in [-0.15, -0.1) is 0 Å². The molecule has 0 amide bonds. The van der Waals surface area contributed by atoms with Crippen LogP contribution in [0.25, 0.3) is 28.4 Å². The number of nitrogens with zero attached hydrogens (tertiary/aromatic N) is 2. The third-order valence-corrected chi connectivity index (χ3v) is 4.11. The summed E-state index contributed by atoms with van der Waals surface area (Å²) in [4.78, 5) is 15.7. The molecule has 0 bridgehead atoms. The summed E-state index contributed by atoms with van der Waals surface area (Å²) in [6, 6.07) is 14.0. The van der Waals surface area contributed by atoms with Crippen LogP contribution < -0.4 is 0 Å². The third-order valence-electron chi connectivity index (χ3n) is 3.78. The average molecular weight is 339 g/mol. The second kappa shape index (κ2) is 5.54. The fraction of sp³-hybridized carbons (Fsp3) is 0. The van der Waals surface area contributed by atoms with E-state index >= 15 is 0 Å². The topological polar surface area (TPSA) is 67.7 Å². The lowest BCUT2D eigenvalue weighted by Gasteiger charge is -2.00. The number of rotatable bonds is 3. The van der Waals surface area contributed by atoms with E-state index in [0.29, 0.717) is 22.3 Å². The van der Waals surface area contributed by atoms with Crippen molar-refractivity contribution in [3.05, 3.63) is 71.6 Å². The Morgan fingerprint density at radius 1 is 1.12 bits per heavy atom. The second-order valence-electron chi connectivity index (χ2n) is 5.22. The van der Waals surface area contributed by atoms with Crippen LogP contribution in [0.2, 0.25) is 5.02 Å². The summed E-state index contributed by atoms with van der Waals surface area (Å²) in [6.45, 7) is 0. The van der Waals surface area contributed by atoms with Gasteiger partial charge in [-0.3, -0.25) is 4.40 Å². The van der Waals surface area contributed by atoms with E-state index in [0.717, 1.165) is 11.1 Å². The molecule has 2 heterocycles. The maximum absolute atomic E-state index is 11.0. The molecule has 2 aromatic heterocycles. The van der Waals surface area contributed by atoms with E-state index in [2.05, 4.69) is 4.98 Å². The lowest BCUT2D eigenvalue weighted by molar-refractivity contribution is 0.0697. The van der Waals surface area contributed by atoms with Crippen LogP contribution in [0.15, 0.2) is 65.4 Å². The van der Waals surface area contributed by atoms with Crippen molar-refractivity contribution in [1.29, 1.82) is 0 Å². The second-order valence-corrected chi connectivity index (χ2v) is 5.63. The third kappa shape index (κ3) is 2.26. The van der Waals surface area contributed by atoms with Gasteiger partial charge in [-0.2, -0.15) is 0 Å². The summed E-state index contributed by atoms with van der Waals surface area (Å²) < 4.78 is 7.38. The Balaban J connectivity index is 1.90. The molecule has 0 aliphatic rings. The number of aromatic carboxylic acids is 1. The lowest BCUT2D eigenvalue weighted by Crippen LogP contribution is -1.95. The van der Waals surface area contributed by atoms with Gasteiger partial charge >= 0.3 is 5.97 Å². The first-order chi connectivity index (χ1) is 11.6. The molecule has 0 aliphatic heterocycles. The van der Waals surface area contributed by atoms with Crippen molar-refractivity contribution < 1.29 is 14.3 Å². The van der Waals surface area contributed by atoms with Crippen molar-refractivity contribution in [3.63, 3.8) is 0 Å². The molecule has 1 N–H and O–H groups in total. The highest BCUT2D eigenvalue weighted by Gasteiger charge is 2.18. The molecule has 0 saturated heterocycles. The maximum Gasteiger partial charge on any atom is 0.335 e. The Morgan fingerprint density at radius 3 is 2.58 bits per heavy atom. The van der Waals surface area contributed by atoms with Gasteiger partial charge < -0.3 is 9.52 Å². The number of benzene rings is 2. The Hall–Kier alpha value is -3.05. The molecule has 0 spiro atoms. The highest BCUT2D eigenvalue weighted by molar-refractivity contribution is 6.33. The van der Waals surface area contributed by atoms with Crippen LogP contribution in [0.1, 0.15) is 10.4 Å². The number of imidazole rings is 1. The van der Waals surface area contributed by atoms with Gasteiger partial charge in [0.1, 0.15) is 17.8 Å². The van der Waals surface area contributed by atoms with E-state index in [1.807, 2.05) is 22.6 Å². The van der Waals surface area contributed by atoms with Crippen molar-refractivity contribution >= 4 is 23.3 Å². The van der Waals surface area contributed by atoms with Crippen molar-refractivity contribution in [2.24, 2.45) is 0 Å². The first kappa shape index (κ1) is 14.5. The van der Waals surface area contributed by atoms with Crippen LogP contribution in [0, 0.1) is 0 Å². The summed E-state index contributed by atoms with van der Waals surface area (Å²) in [7, 11) is 0. The number of carboxylic acids is 1. The number of aromatic nitrogens is 2. The van der Waals surface area contributed by atoms with Gasteiger partial charge in [0.2, 0.25) is 5.71 Å². The van der Waals surface area contributed by atoms with Gasteiger partial charge in [-0.25, -0.2) is 9.78 Å². The van der Waals surface area contributed by atoms with E-state index in [9.17, 15) is 4.79 Å². The highest BCUT2D eigenvalue weighted by Crippen LogP contribution is 2.33. The number of hydrogen-bond acceptors (Lipinski definition) is 3. The minimum Gasteiger partial charge on any atom is -0.478 e. The van der Waals surface area contributed by atoms with E-state index < -0.39 is 5.97 Å². The molecule has 0 radical (unpaired) electrons. The number of carboxylic acid groups (broad SMARTS) is 1. The predicted octanol–water partition coefficient (Wildman–Crippen LogP) is 4.61. The molecule has 0 atom stereocenters. The minimum absolute atomic E-state index is 0.227. The zero-order valence-electron chi connectivity index (χ0n) is 12.3. The molecular weight excluding hydrogens is 328 g/mol. The standard InChI is InChI=1S/C18H11ClN2O3/c19-14-4-2-1-3-13(14)15-17-21(9-10-24-17)16(20-15)11-5-7-12(8-6-11)18(22)23/h1-10H,(H,22,23). The van der Waals surface area contributed by atoms with Gasteiger partial charge in [0.25, 0.3) is 0 Å². The van der Waals surface area contributed by atoms with E-state index in [1.165, 1.54) is 0 Å². The number of hydrogen-bond donors (Lipinski definition) is 1. The zero-order chi connectivity index (χ0) is 16.7. The molecule has 0 saturated carbocycles. The molecule has 4 rings (SSSR count). The summed E-state index contributed by atoms with van der Waals surface area (Å²) in [5.41, 5.74) is 3.02. The van der Waals surface area contributed by atoms with Crippen molar-refractivity contribution in [3.8, 4) is 22.6 Å². The van der Waals surface area contributed by atoms with Crippen LogP contribution in [-0.4, -0.2) is 20.5 Å². The zero-order valence-corrected chi connectivity index (χ0v) is 13.1. The Morgan fingerprint density at radius 2 is 1.88 bits per heavy atom. The maximum atomic E-state index is 11.0. The Bertz CT molecular complexity index is 1050. The first-order valence-corrected chi connectivity index (χ1v) is 7.57. The predicted molar refractivity (Wildman–Crippen MR) is 90.3 cm³/mol. The number of oxazole rings is 1. The molecule has 0 unspecified atom stereocenters. The van der Waals surface area contributed by atoms with Crippen LogP contribution in [-0.2, 0) is 0 Å². The van der Waals surface area contributed by atoms with E-state index in [-0.39, 0.29) is 5.56 Å². The fourth-order valence-corrected chi connectivity index (χ4v) is 2.84. The minimum atomic E-state index is -0.963. The Labute approximate surface area is 141 Å². The fourth-order valence-electron chi connectivity index (χ4n) is 2.62. The first-order valence-electron chi connectivity index (χ1n) is 7.19. The van der Waals surface area contributed by atoms with Crippen LogP contribution in [0.4, 0.5) is 0 Å². The molecule has 0 aliphatic carbocycles. The van der Waals surface area contributed by atoms with Gasteiger partial charge in [0.05, 0.1) is 10.6 Å². The SMILES string of the molecule is O=C(O)c1ccc(-c2nc(-c3ccccc3Cl)c3occn23)cc1. The molecule has 6 heteroatoms. The van der Waals surface area contributed by atoms with Crippen LogP contribution in [0.5, 0.6) is 0 Å². The number of fused-ring (bicyclic) bond motifs is 1. The van der Waals surface area contributed by atoms with Gasteiger partial charge in [0, 0.05) is 17.3 Å². The number of halogens is 1. The van der Waals surface area contributed by atoms with Crippen molar-refractivity contribution in [1.82, 2.24) is 9.38 Å². The summed E-state index contributed by atoms with van der Waals surface area (Å²) in [5, 5.41) is 9.60. The van der Waals surface area contributed by atoms with Gasteiger partial charge in [0.15, 0.2) is 0 Å². The largest absolute Gasteiger partial charge is 0.478 e. The number of carbonyl (C=O) groups is 1. The average Bonchev–Trinajstić information content (AvgIpc) is 3.18. The summed E-state index contributed by atoms with van der Waals surface area (Å²) >= 11 is 6.28. The lowest BCUT2D eigenvalue weighted by atomic mass is 10.1. The monoisotopic (exact) mass is 338 g/mol. The van der Waals surface area contributed by atoms with Gasteiger partial charge in [-0.1, -0.05) is 41.9 Å². The van der Waals surface area contributed by atoms with Gasteiger partial charge in [-0.05, 0) is 18.2 Å². The van der Waals surface area contributed by atoms with Crippen LogP contribution >= 0.6 is 11.6 Å². The summed E-state index contributed by atoms with van der Waals surface area (Å²) in [5.74, 6) is -0.305. The smallest absolute Gasteiger partial charge is 0.335 e. The Kier molecular flexibility index (Phi) is 3.36. The normalized spacial score (nSPS) is 11.0. The van der Waals surface area contributed by atoms with E-state index in [4.69, 9.17) is 21.1 Å². The quantitative estimate of drug-likeness (QED) is 0.592. The van der Waals surface area contributed by atoms with E-state index in [1.54, 1.807) is 42.8 Å². The molecule has 2 aromatic carbocycles. The molecule has 118 valence electrons. The van der Waals surface area contributed by atoms with Crippen LogP contribution in [0.3, 0.4) is 0 Å². The molecule has 5 nitrogen and oxygen atoms in total. The van der Waals surface area contributed by atoms with Crippen molar-refractivity contribution in [2.75, 3.05) is 0 Å². The highest BCUT2D eigenvalue weighted by atomic mass is 35.5. The molecule has 24 heavy (non-hydrogen) atoms. The molecule has 0 fully saturated rings. The van der Waals surface area contributed by atoms with Crippen molar-refractivity contribution in [2.45, 2.75) is 0 Å².